The van der Waals surface area contributed by atoms with E-state index in [9.17, 15) is 13.2 Å². The number of Topliss-reactive ketones (excluding diaryl/α,β-unsaturated/α-hetero) is 1. The molecule has 162 valence electrons. The van der Waals surface area contributed by atoms with Gasteiger partial charge in [0.25, 0.3) is 0 Å². The van der Waals surface area contributed by atoms with Gasteiger partial charge in [-0.05, 0) is 56.2 Å². The summed E-state index contributed by atoms with van der Waals surface area (Å²) in [5, 5.41) is 9.41. The highest BCUT2D eigenvalue weighted by Crippen LogP contribution is 2.41. The summed E-state index contributed by atoms with van der Waals surface area (Å²) in [6.45, 7) is 2.10. The van der Waals surface area contributed by atoms with Gasteiger partial charge in [0, 0.05) is 36.1 Å². The first kappa shape index (κ1) is 21.5. The Balaban J connectivity index is 1.48. The molecule has 0 N–H and O–H groups in total. The predicted octanol–water partition coefficient (Wildman–Crippen LogP) is 3.44. The van der Waals surface area contributed by atoms with Gasteiger partial charge in [0.05, 0.1) is 17.7 Å². The van der Waals surface area contributed by atoms with Crippen LogP contribution >= 0.6 is 11.8 Å². The van der Waals surface area contributed by atoms with Crippen molar-refractivity contribution in [2.75, 3.05) is 22.9 Å². The number of carbonyl (C=O) groups is 1. The van der Waals surface area contributed by atoms with E-state index in [0.717, 1.165) is 29.4 Å². The lowest BCUT2D eigenvalue weighted by atomic mass is 10.1. The second-order valence-corrected chi connectivity index (χ2v) is 10.2. The third-order valence-electron chi connectivity index (χ3n) is 5.01. The Morgan fingerprint density at radius 1 is 1.13 bits per heavy atom. The number of hydrogen-bond donors (Lipinski definition) is 0. The number of hydrogen-bond acceptors (Lipinski definition) is 7. The standard InChI is InChI=1S/C21H23N5O3S2/c1-3-25(31(2,28)29)17-6-4-15(5-7-17)19(27)14-30-21-24-23-20(26(21)18-8-9-18)16-10-12-22-13-11-16/h4-7,10-13,18H,3,8-9,14H2,1-2H3. The van der Waals surface area contributed by atoms with Crippen LogP contribution in [0.1, 0.15) is 36.2 Å². The second-order valence-electron chi connectivity index (χ2n) is 7.33. The third-order valence-corrected chi connectivity index (χ3v) is 7.23. The molecule has 0 amide bonds. The zero-order valence-electron chi connectivity index (χ0n) is 17.3. The molecule has 4 rings (SSSR count). The Morgan fingerprint density at radius 2 is 1.81 bits per heavy atom. The first-order chi connectivity index (χ1) is 14.9. The number of rotatable bonds is 9. The number of carbonyl (C=O) groups excluding carboxylic acids is 1. The normalized spacial score (nSPS) is 13.9. The maximum atomic E-state index is 12.7. The van der Waals surface area contributed by atoms with Crippen molar-refractivity contribution in [3.8, 4) is 11.4 Å². The maximum Gasteiger partial charge on any atom is 0.232 e. The van der Waals surface area contributed by atoms with E-state index in [2.05, 4.69) is 19.7 Å². The van der Waals surface area contributed by atoms with Crippen LogP contribution in [0.3, 0.4) is 0 Å². The average Bonchev–Trinajstić information content (AvgIpc) is 3.51. The molecule has 0 bridgehead atoms. The number of pyridine rings is 1. The Kier molecular flexibility index (Phi) is 6.10. The highest BCUT2D eigenvalue weighted by atomic mass is 32.2. The van der Waals surface area contributed by atoms with E-state index in [1.165, 1.54) is 22.3 Å². The van der Waals surface area contributed by atoms with Crippen molar-refractivity contribution >= 4 is 33.3 Å². The van der Waals surface area contributed by atoms with Crippen LogP contribution in [0.4, 0.5) is 5.69 Å². The van der Waals surface area contributed by atoms with E-state index in [-0.39, 0.29) is 11.5 Å². The molecule has 2 aromatic heterocycles. The van der Waals surface area contributed by atoms with E-state index in [4.69, 9.17) is 0 Å². The fourth-order valence-electron chi connectivity index (χ4n) is 3.37. The lowest BCUT2D eigenvalue weighted by Gasteiger charge is -2.20. The van der Waals surface area contributed by atoms with Crippen LogP contribution < -0.4 is 4.31 Å². The minimum Gasteiger partial charge on any atom is -0.299 e. The van der Waals surface area contributed by atoms with E-state index in [1.807, 2.05) is 12.1 Å². The van der Waals surface area contributed by atoms with Gasteiger partial charge < -0.3 is 0 Å². The van der Waals surface area contributed by atoms with Gasteiger partial charge in [-0.1, -0.05) is 11.8 Å². The van der Waals surface area contributed by atoms with Crippen LogP contribution in [0.5, 0.6) is 0 Å². The molecule has 31 heavy (non-hydrogen) atoms. The highest BCUT2D eigenvalue weighted by Gasteiger charge is 2.30. The lowest BCUT2D eigenvalue weighted by molar-refractivity contribution is 0.102. The van der Waals surface area contributed by atoms with Gasteiger partial charge >= 0.3 is 0 Å². The Hall–Kier alpha value is -2.72. The van der Waals surface area contributed by atoms with Crippen LogP contribution in [-0.4, -0.2) is 52.5 Å². The number of ketones is 1. The smallest absolute Gasteiger partial charge is 0.232 e. The van der Waals surface area contributed by atoms with Crippen molar-refractivity contribution in [2.24, 2.45) is 0 Å². The number of benzene rings is 1. The fraction of sp³-hybridized carbons (Fsp3) is 0.333. The quantitative estimate of drug-likeness (QED) is 0.359. The molecule has 1 aliphatic carbocycles. The number of anilines is 1. The van der Waals surface area contributed by atoms with Crippen molar-refractivity contribution in [1.82, 2.24) is 19.7 Å². The van der Waals surface area contributed by atoms with Crippen LogP contribution in [0.25, 0.3) is 11.4 Å². The summed E-state index contributed by atoms with van der Waals surface area (Å²) in [4.78, 5) is 16.8. The Morgan fingerprint density at radius 3 is 2.39 bits per heavy atom. The summed E-state index contributed by atoms with van der Waals surface area (Å²) >= 11 is 1.37. The summed E-state index contributed by atoms with van der Waals surface area (Å²) in [6, 6.07) is 10.8. The largest absolute Gasteiger partial charge is 0.299 e. The summed E-state index contributed by atoms with van der Waals surface area (Å²) < 4.78 is 27.2. The number of nitrogens with zero attached hydrogens (tertiary/aromatic N) is 5. The Labute approximate surface area is 185 Å². The number of sulfonamides is 1. The van der Waals surface area contributed by atoms with Gasteiger partial charge in [-0.3, -0.25) is 18.7 Å². The van der Waals surface area contributed by atoms with Crippen molar-refractivity contribution in [2.45, 2.75) is 31.0 Å². The molecular formula is C21H23N5O3S2. The minimum absolute atomic E-state index is 0.0465. The zero-order chi connectivity index (χ0) is 22.0. The van der Waals surface area contributed by atoms with E-state index < -0.39 is 10.0 Å². The maximum absolute atomic E-state index is 12.7. The van der Waals surface area contributed by atoms with Gasteiger partial charge in [0.1, 0.15) is 0 Å². The van der Waals surface area contributed by atoms with Gasteiger partial charge in [-0.25, -0.2) is 8.42 Å². The van der Waals surface area contributed by atoms with Gasteiger partial charge in [0.2, 0.25) is 10.0 Å². The molecule has 0 spiro atoms. The number of aromatic nitrogens is 4. The van der Waals surface area contributed by atoms with Gasteiger partial charge in [0.15, 0.2) is 16.8 Å². The summed E-state index contributed by atoms with van der Waals surface area (Å²) in [5.41, 5.74) is 2.03. The molecule has 1 aliphatic rings. The van der Waals surface area contributed by atoms with Crippen LogP contribution in [0.2, 0.25) is 0 Å². The molecule has 3 aromatic rings. The molecule has 0 saturated heterocycles. The summed E-state index contributed by atoms with van der Waals surface area (Å²) in [6.07, 6.45) is 6.78. The van der Waals surface area contributed by atoms with Crippen molar-refractivity contribution in [3.05, 3.63) is 54.4 Å². The molecule has 0 atom stereocenters. The van der Waals surface area contributed by atoms with E-state index >= 15 is 0 Å². The summed E-state index contributed by atoms with van der Waals surface area (Å²) in [5.74, 6) is 0.976. The molecule has 0 unspecified atom stereocenters. The topological polar surface area (TPSA) is 98.1 Å². The third kappa shape index (κ3) is 4.80. The van der Waals surface area contributed by atoms with Crippen LogP contribution in [0, 0.1) is 0 Å². The molecule has 1 aromatic carbocycles. The second kappa shape index (κ2) is 8.80. The van der Waals surface area contributed by atoms with Crippen molar-refractivity contribution in [3.63, 3.8) is 0 Å². The SMILES string of the molecule is CCN(c1ccc(C(=O)CSc2nnc(-c3ccncc3)n2C2CC2)cc1)S(C)(=O)=O. The van der Waals surface area contributed by atoms with Gasteiger partial charge in [-0.15, -0.1) is 10.2 Å². The lowest BCUT2D eigenvalue weighted by Crippen LogP contribution is -2.29. The molecule has 1 fully saturated rings. The van der Waals surface area contributed by atoms with E-state index in [0.29, 0.717) is 23.8 Å². The van der Waals surface area contributed by atoms with Crippen LogP contribution in [-0.2, 0) is 10.0 Å². The molecular weight excluding hydrogens is 434 g/mol. The van der Waals surface area contributed by atoms with Crippen LogP contribution in [0.15, 0.2) is 53.9 Å². The fourth-order valence-corrected chi connectivity index (χ4v) is 5.24. The molecule has 8 nitrogen and oxygen atoms in total. The zero-order valence-corrected chi connectivity index (χ0v) is 18.9. The molecule has 10 heteroatoms. The highest BCUT2D eigenvalue weighted by molar-refractivity contribution is 7.99. The molecule has 2 heterocycles. The average molecular weight is 458 g/mol. The minimum atomic E-state index is -3.35. The Bertz CT molecular complexity index is 1170. The predicted molar refractivity (Wildman–Crippen MR) is 121 cm³/mol. The first-order valence-electron chi connectivity index (χ1n) is 9.97. The van der Waals surface area contributed by atoms with E-state index in [1.54, 1.807) is 43.6 Å². The molecule has 1 saturated carbocycles. The number of thioether (sulfide) groups is 1. The monoisotopic (exact) mass is 457 g/mol. The first-order valence-corrected chi connectivity index (χ1v) is 12.8. The molecule has 0 radical (unpaired) electrons. The molecule has 0 aliphatic heterocycles. The van der Waals surface area contributed by atoms with Crippen molar-refractivity contribution in [1.29, 1.82) is 0 Å². The summed E-state index contributed by atoms with van der Waals surface area (Å²) in [7, 11) is -3.35. The van der Waals surface area contributed by atoms with Crippen molar-refractivity contribution < 1.29 is 13.2 Å². The van der Waals surface area contributed by atoms with Gasteiger partial charge in [-0.2, -0.15) is 0 Å².